The topological polar surface area (TPSA) is 78.9 Å². The lowest BCUT2D eigenvalue weighted by Gasteiger charge is -2.18. The molecule has 0 radical (unpaired) electrons. The van der Waals surface area contributed by atoms with Gasteiger partial charge in [-0.25, -0.2) is 0 Å². The van der Waals surface area contributed by atoms with E-state index in [-0.39, 0.29) is 31.1 Å². The van der Waals surface area contributed by atoms with Crippen molar-refractivity contribution >= 4 is 17.9 Å². The Bertz CT molecular complexity index is 1570. The number of carbonyl (C=O) groups excluding carboxylic acids is 3. The lowest BCUT2D eigenvalue weighted by molar-refractivity contribution is -0.167. The Labute approximate surface area is 482 Å². The quantitative estimate of drug-likeness (QED) is 0.0261. The molecule has 0 aliphatic carbocycles. The monoisotopic (exact) mass is 1080 g/mol. The molecule has 0 aliphatic heterocycles. The molecule has 0 N–H and O–H groups in total. The summed E-state index contributed by atoms with van der Waals surface area (Å²) in [5, 5.41) is 0. The fourth-order valence-corrected chi connectivity index (χ4v) is 9.14. The van der Waals surface area contributed by atoms with Gasteiger partial charge in [0, 0.05) is 19.3 Å². The van der Waals surface area contributed by atoms with E-state index < -0.39 is 6.10 Å². The van der Waals surface area contributed by atoms with Crippen molar-refractivity contribution in [1.29, 1.82) is 0 Å². The van der Waals surface area contributed by atoms with Crippen molar-refractivity contribution in [3.63, 3.8) is 0 Å². The standard InChI is InChI=1S/C72H122O6/c1-4-7-10-13-16-19-22-25-27-28-29-30-31-32-33-34-35-36-37-38-39-40-41-42-43-44-46-47-50-53-56-59-62-65-71(74)77-68-69(67-76-70(73)64-61-58-55-52-49-24-21-18-15-12-9-6-3)78-72(75)66-63-60-57-54-51-48-45-26-23-20-17-14-11-8-5-2/h7,10,16,19,25,27,29-30,32-33,35-36,38-39,41-42,44,46,69H,4-6,8-9,11-15,17-18,20-24,26,28,31,34,37,40,43,45,47-68H2,1-3H3/b10-7-,19-16-,27-25-,30-29-,33-32-,36-35-,39-38-,42-41-,46-44-. The molecule has 78 heavy (non-hydrogen) atoms. The Kier molecular flexibility index (Phi) is 62.3. The zero-order valence-corrected chi connectivity index (χ0v) is 51.2. The summed E-state index contributed by atoms with van der Waals surface area (Å²) in [6.45, 7) is 6.53. The molecule has 0 spiro atoms. The number of esters is 3. The fraction of sp³-hybridized carbons (Fsp3) is 0.708. The first-order valence-corrected chi connectivity index (χ1v) is 32.9. The van der Waals surface area contributed by atoms with Crippen LogP contribution in [0.3, 0.4) is 0 Å². The highest BCUT2D eigenvalue weighted by Gasteiger charge is 2.19. The molecule has 0 amide bonds. The van der Waals surface area contributed by atoms with Crippen molar-refractivity contribution in [3.05, 3.63) is 109 Å². The van der Waals surface area contributed by atoms with Crippen molar-refractivity contribution in [3.8, 4) is 0 Å². The van der Waals surface area contributed by atoms with Gasteiger partial charge in [-0.2, -0.15) is 0 Å². The van der Waals surface area contributed by atoms with Crippen LogP contribution in [0.2, 0.25) is 0 Å². The van der Waals surface area contributed by atoms with E-state index in [1.807, 2.05) is 0 Å². The van der Waals surface area contributed by atoms with Crippen LogP contribution in [0, 0.1) is 0 Å². The Morgan fingerprint density at radius 2 is 0.500 bits per heavy atom. The number of unbranched alkanes of at least 4 members (excludes halogenated alkanes) is 30. The van der Waals surface area contributed by atoms with Gasteiger partial charge >= 0.3 is 17.9 Å². The fourth-order valence-electron chi connectivity index (χ4n) is 9.14. The van der Waals surface area contributed by atoms with Crippen LogP contribution in [0.4, 0.5) is 0 Å². The highest BCUT2D eigenvalue weighted by Crippen LogP contribution is 2.16. The highest BCUT2D eigenvalue weighted by atomic mass is 16.6. The predicted octanol–water partition coefficient (Wildman–Crippen LogP) is 22.6. The van der Waals surface area contributed by atoms with Crippen molar-refractivity contribution in [2.45, 2.75) is 316 Å². The second-order valence-corrected chi connectivity index (χ2v) is 21.7. The van der Waals surface area contributed by atoms with E-state index >= 15 is 0 Å². The van der Waals surface area contributed by atoms with Gasteiger partial charge in [0.1, 0.15) is 13.2 Å². The molecule has 0 aliphatic rings. The van der Waals surface area contributed by atoms with Crippen LogP contribution in [-0.2, 0) is 28.6 Å². The molecule has 0 aromatic rings. The second kappa shape index (κ2) is 65.6. The summed E-state index contributed by atoms with van der Waals surface area (Å²) in [6.07, 6.45) is 89.5. The number of ether oxygens (including phenoxy) is 3. The molecule has 0 rings (SSSR count). The summed E-state index contributed by atoms with van der Waals surface area (Å²) in [4.78, 5) is 38.2. The summed E-state index contributed by atoms with van der Waals surface area (Å²) in [6, 6.07) is 0. The summed E-state index contributed by atoms with van der Waals surface area (Å²) in [7, 11) is 0. The molecule has 446 valence electrons. The number of rotatable bonds is 59. The molecular formula is C72H122O6. The van der Waals surface area contributed by atoms with Crippen LogP contribution < -0.4 is 0 Å². The number of hydrogen-bond acceptors (Lipinski definition) is 6. The maximum atomic E-state index is 12.9. The van der Waals surface area contributed by atoms with Gasteiger partial charge < -0.3 is 14.2 Å². The first kappa shape index (κ1) is 74.1. The van der Waals surface area contributed by atoms with Crippen LogP contribution in [-0.4, -0.2) is 37.2 Å². The van der Waals surface area contributed by atoms with Crippen LogP contribution in [0.5, 0.6) is 0 Å². The van der Waals surface area contributed by atoms with Crippen molar-refractivity contribution in [2.24, 2.45) is 0 Å². The third kappa shape index (κ3) is 62.9. The maximum absolute atomic E-state index is 12.9. The van der Waals surface area contributed by atoms with Crippen molar-refractivity contribution in [1.82, 2.24) is 0 Å². The van der Waals surface area contributed by atoms with Crippen LogP contribution >= 0.6 is 0 Å². The molecule has 1 unspecified atom stereocenters. The maximum Gasteiger partial charge on any atom is 0.306 e. The van der Waals surface area contributed by atoms with Crippen molar-refractivity contribution in [2.75, 3.05) is 13.2 Å². The van der Waals surface area contributed by atoms with Gasteiger partial charge in [0.05, 0.1) is 0 Å². The Morgan fingerprint density at radius 1 is 0.269 bits per heavy atom. The molecule has 0 aromatic carbocycles. The smallest absolute Gasteiger partial charge is 0.306 e. The van der Waals surface area contributed by atoms with Gasteiger partial charge in [-0.15, -0.1) is 0 Å². The van der Waals surface area contributed by atoms with E-state index in [0.29, 0.717) is 19.3 Å². The van der Waals surface area contributed by atoms with Gasteiger partial charge in [-0.05, 0) is 89.9 Å². The molecule has 0 fully saturated rings. The molecule has 0 saturated heterocycles. The Hall–Kier alpha value is -3.93. The van der Waals surface area contributed by atoms with Crippen LogP contribution in [0.1, 0.15) is 310 Å². The molecule has 0 aromatic heterocycles. The number of allylic oxidation sites excluding steroid dienone is 18. The molecule has 6 heteroatoms. The van der Waals surface area contributed by atoms with Crippen LogP contribution in [0.25, 0.3) is 0 Å². The van der Waals surface area contributed by atoms with Crippen LogP contribution in [0.15, 0.2) is 109 Å². The van der Waals surface area contributed by atoms with E-state index in [9.17, 15) is 14.4 Å². The highest BCUT2D eigenvalue weighted by molar-refractivity contribution is 5.71. The van der Waals surface area contributed by atoms with Gasteiger partial charge in [0.15, 0.2) is 6.10 Å². The summed E-state index contributed by atoms with van der Waals surface area (Å²) in [5.74, 6) is -0.889. The normalized spacial score (nSPS) is 12.8. The predicted molar refractivity (Wildman–Crippen MR) is 339 cm³/mol. The Balaban J connectivity index is 4.28. The van der Waals surface area contributed by atoms with E-state index in [1.54, 1.807) is 0 Å². The summed E-state index contributed by atoms with van der Waals surface area (Å²) in [5.41, 5.74) is 0. The number of carbonyl (C=O) groups is 3. The molecular weight excluding hydrogens is 961 g/mol. The average molecular weight is 1080 g/mol. The van der Waals surface area contributed by atoms with E-state index in [1.165, 1.54) is 135 Å². The summed E-state index contributed by atoms with van der Waals surface area (Å²) < 4.78 is 16.9. The number of hydrogen-bond donors (Lipinski definition) is 0. The third-order valence-electron chi connectivity index (χ3n) is 14.0. The van der Waals surface area contributed by atoms with Gasteiger partial charge in [0.25, 0.3) is 0 Å². The first-order valence-electron chi connectivity index (χ1n) is 32.9. The minimum atomic E-state index is -0.784. The van der Waals surface area contributed by atoms with E-state index in [2.05, 4.69) is 130 Å². The SMILES string of the molecule is CC/C=C\C/C=C\C/C=C\C/C=C\C/C=C\C/C=C\C/C=C\C/C=C\C/C=C\CCCCCCCC(=O)OCC(COC(=O)CCCCCCCCCCCCCC)OC(=O)CCCCCCCCCCCCCCCCC. The largest absolute Gasteiger partial charge is 0.462 e. The van der Waals surface area contributed by atoms with Gasteiger partial charge in [-0.1, -0.05) is 310 Å². The van der Waals surface area contributed by atoms with Crippen molar-refractivity contribution < 1.29 is 28.6 Å². The lowest BCUT2D eigenvalue weighted by Crippen LogP contribution is -2.30. The van der Waals surface area contributed by atoms with E-state index in [4.69, 9.17) is 14.2 Å². The zero-order chi connectivity index (χ0) is 56.4. The Morgan fingerprint density at radius 3 is 0.782 bits per heavy atom. The third-order valence-corrected chi connectivity index (χ3v) is 14.0. The average Bonchev–Trinajstić information content (AvgIpc) is 3.44. The minimum absolute atomic E-state index is 0.0800. The molecule has 1 atom stereocenters. The molecule has 0 heterocycles. The molecule has 0 bridgehead atoms. The first-order chi connectivity index (χ1) is 38.5. The van der Waals surface area contributed by atoms with Gasteiger partial charge in [0.2, 0.25) is 0 Å². The van der Waals surface area contributed by atoms with E-state index in [0.717, 1.165) is 135 Å². The zero-order valence-electron chi connectivity index (χ0n) is 51.2. The summed E-state index contributed by atoms with van der Waals surface area (Å²) >= 11 is 0. The minimum Gasteiger partial charge on any atom is -0.462 e. The molecule has 6 nitrogen and oxygen atoms in total. The lowest BCUT2D eigenvalue weighted by atomic mass is 10.0. The van der Waals surface area contributed by atoms with Gasteiger partial charge in [-0.3, -0.25) is 14.4 Å². The second-order valence-electron chi connectivity index (χ2n) is 21.7. The molecule has 0 saturated carbocycles.